The lowest BCUT2D eigenvalue weighted by atomic mass is 9.96. The topological polar surface area (TPSA) is 42.7 Å². The van der Waals surface area contributed by atoms with Gasteiger partial charge in [0.2, 0.25) is 0 Å². The number of benzene rings is 3. The molecule has 0 spiro atoms. The van der Waals surface area contributed by atoms with Crippen LogP contribution >= 0.6 is 0 Å². The Balaban J connectivity index is 1.60. The van der Waals surface area contributed by atoms with Crippen LogP contribution in [-0.4, -0.2) is 6.73 Å². The molecule has 1 aliphatic rings. The van der Waals surface area contributed by atoms with E-state index in [1.165, 1.54) is 16.8 Å². The van der Waals surface area contributed by atoms with Crippen molar-refractivity contribution in [2.45, 2.75) is 40.7 Å². The third-order valence-corrected chi connectivity index (χ3v) is 6.70. The fourth-order valence-corrected chi connectivity index (χ4v) is 4.68. The van der Waals surface area contributed by atoms with Crippen LogP contribution in [0.3, 0.4) is 0 Å². The molecule has 0 amide bonds. The highest BCUT2D eigenvalue weighted by atomic mass is 16.5. The third kappa shape index (κ3) is 3.36. The predicted molar refractivity (Wildman–Crippen MR) is 129 cm³/mol. The summed E-state index contributed by atoms with van der Waals surface area (Å²) in [6.45, 7) is 9.51. The molecule has 0 N–H and O–H groups in total. The molecule has 162 valence electrons. The van der Waals surface area contributed by atoms with Crippen LogP contribution < -0.4 is 15.3 Å². The molecule has 1 aliphatic heterocycles. The van der Waals surface area contributed by atoms with Crippen LogP contribution in [-0.2, 0) is 13.0 Å². The van der Waals surface area contributed by atoms with Gasteiger partial charge < -0.3 is 14.1 Å². The summed E-state index contributed by atoms with van der Waals surface area (Å²) in [5, 5.41) is 0.984. The van der Waals surface area contributed by atoms with E-state index >= 15 is 0 Å². The van der Waals surface area contributed by atoms with E-state index in [9.17, 15) is 4.79 Å². The van der Waals surface area contributed by atoms with Crippen molar-refractivity contribution >= 4 is 16.7 Å². The fourth-order valence-electron chi connectivity index (χ4n) is 4.68. The largest absolute Gasteiger partial charge is 0.472 e. The molecule has 0 saturated carbocycles. The molecule has 5 rings (SSSR count). The van der Waals surface area contributed by atoms with Gasteiger partial charge in [-0.1, -0.05) is 42.5 Å². The van der Waals surface area contributed by atoms with E-state index in [1.54, 1.807) is 0 Å². The van der Waals surface area contributed by atoms with E-state index in [2.05, 4.69) is 43.0 Å². The minimum absolute atomic E-state index is 0.269. The lowest BCUT2D eigenvalue weighted by molar-refractivity contribution is 0.287. The normalized spacial score (nSPS) is 13.2. The molecule has 4 nitrogen and oxygen atoms in total. The van der Waals surface area contributed by atoms with E-state index in [4.69, 9.17) is 9.15 Å². The van der Waals surface area contributed by atoms with Crippen molar-refractivity contribution in [1.29, 1.82) is 0 Å². The molecular formula is C28H27NO3. The SMILES string of the molecule is Cc1cccc(N2COc3c(cc4c(C)c(Cc5ccccc5)c(=O)oc4c3C)C2)c1C. The van der Waals surface area contributed by atoms with Gasteiger partial charge in [0, 0.05) is 40.7 Å². The molecule has 3 aromatic carbocycles. The highest BCUT2D eigenvalue weighted by molar-refractivity contribution is 5.87. The molecule has 0 unspecified atom stereocenters. The Bertz CT molecular complexity index is 1390. The second-order valence-electron chi connectivity index (χ2n) is 8.71. The monoisotopic (exact) mass is 425 g/mol. The Morgan fingerprint density at radius 2 is 1.69 bits per heavy atom. The van der Waals surface area contributed by atoms with Crippen molar-refractivity contribution in [2.24, 2.45) is 0 Å². The minimum Gasteiger partial charge on any atom is -0.472 e. The minimum atomic E-state index is -0.269. The number of hydrogen-bond acceptors (Lipinski definition) is 4. The predicted octanol–water partition coefficient (Wildman–Crippen LogP) is 5.97. The zero-order chi connectivity index (χ0) is 22.4. The quantitative estimate of drug-likeness (QED) is 0.379. The van der Waals surface area contributed by atoms with Crippen LogP contribution in [0.1, 0.15) is 38.9 Å². The van der Waals surface area contributed by atoms with Crippen molar-refractivity contribution in [3.8, 4) is 5.75 Å². The first kappa shape index (κ1) is 20.4. The number of rotatable bonds is 3. The molecule has 0 bridgehead atoms. The van der Waals surface area contributed by atoms with Crippen molar-refractivity contribution in [2.75, 3.05) is 11.6 Å². The summed E-state index contributed by atoms with van der Waals surface area (Å²) in [6.07, 6.45) is 0.562. The lowest BCUT2D eigenvalue weighted by Gasteiger charge is -2.33. The van der Waals surface area contributed by atoms with Gasteiger partial charge in [0.25, 0.3) is 0 Å². The molecule has 0 radical (unpaired) electrons. The number of anilines is 1. The summed E-state index contributed by atoms with van der Waals surface area (Å²) in [7, 11) is 0. The Morgan fingerprint density at radius 1 is 0.906 bits per heavy atom. The van der Waals surface area contributed by atoms with Gasteiger partial charge in [0.05, 0.1) is 0 Å². The van der Waals surface area contributed by atoms with E-state index in [1.807, 2.05) is 44.2 Å². The zero-order valence-corrected chi connectivity index (χ0v) is 19.0. The molecule has 2 heterocycles. The molecular weight excluding hydrogens is 398 g/mol. The number of hydrogen-bond donors (Lipinski definition) is 0. The highest BCUT2D eigenvalue weighted by Gasteiger charge is 2.25. The molecule has 1 aromatic heterocycles. The van der Waals surface area contributed by atoms with Crippen molar-refractivity contribution in [1.82, 2.24) is 0 Å². The van der Waals surface area contributed by atoms with Crippen molar-refractivity contribution in [3.05, 3.63) is 104 Å². The summed E-state index contributed by atoms with van der Waals surface area (Å²) >= 11 is 0. The van der Waals surface area contributed by atoms with Crippen LogP contribution in [0.2, 0.25) is 0 Å². The maximum absolute atomic E-state index is 12.9. The van der Waals surface area contributed by atoms with E-state index in [-0.39, 0.29) is 5.63 Å². The molecule has 4 heteroatoms. The smallest absolute Gasteiger partial charge is 0.340 e. The summed E-state index contributed by atoms with van der Waals surface area (Å²) in [4.78, 5) is 15.1. The van der Waals surface area contributed by atoms with Crippen LogP contribution in [0.25, 0.3) is 11.0 Å². The molecule has 32 heavy (non-hydrogen) atoms. The first-order valence-corrected chi connectivity index (χ1v) is 11.0. The van der Waals surface area contributed by atoms with E-state index in [0.717, 1.165) is 39.9 Å². The van der Waals surface area contributed by atoms with Crippen molar-refractivity contribution < 1.29 is 9.15 Å². The first-order chi connectivity index (χ1) is 15.4. The van der Waals surface area contributed by atoms with Crippen LogP contribution in [0, 0.1) is 27.7 Å². The average molecular weight is 426 g/mol. The highest BCUT2D eigenvalue weighted by Crippen LogP contribution is 2.38. The zero-order valence-electron chi connectivity index (χ0n) is 19.0. The van der Waals surface area contributed by atoms with E-state index < -0.39 is 0 Å². The van der Waals surface area contributed by atoms with Gasteiger partial charge in [-0.15, -0.1) is 0 Å². The summed E-state index contributed by atoms with van der Waals surface area (Å²) in [6, 6.07) is 18.6. The average Bonchev–Trinajstić information content (AvgIpc) is 2.80. The Kier molecular flexibility index (Phi) is 5.01. The Morgan fingerprint density at radius 3 is 2.47 bits per heavy atom. The van der Waals surface area contributed by atoms with Crippen LogP contribution in [0.4, 0.5) is 5.69 Å². The second-order valence-corrected chi connectivity index (χ2v) is 8.71. The standard InChI is InChI=1S/C28H27NO3/c1-17-9-8-12-25(18(17)2)29-15-22-14-23-19(3)24(13-21-10-6-5-7-11-21)28(30)32-27(23)20(4)26(22)31-16-29/h5-12,14H,13,15-16H2,1-4H3. The number of ether oxygens (including phenoxy) is 1. The molecule has 0 fully saturated rings. The van der Waals surface area contributed by atoms with Gasteiger partial charge in [-0.3, -0.25) is 0 Å². The second kappa shape index (κ2) is 7.86. The number of aryl methyl sites for hydroxylation is 3. The summed E-state index contributed by atoms with van der Waals surface area (Å²) in [5.41, 5.74) is 8.89. The Hall–Kier alpha value is -3.53. The molecule has 0 atom stereocenters. The lowest BCUT2D eigenvalue weighted by Crippen LogP contribution is -2.33. The third-order valence-electron chi connectivity index (χ3n) is 6.70. The van der Waals surface area contributed by atoms with Crippen LogP contribution in [0.5, 0.6) is 5.75 Å². The van der Waals surface area contributed by atoms with Gasteiger partial charge >= 0.3 is 5.63 Å². The van der Waals surface area contributed by atoms with Gasteiger partial charge in [-0.25, -0.2) is 4.79 Å². The van der Waals surface area contributed by atoms with Crippen LogP contribution in [0.15, 0.2) is 63.8 Å². The molecule has 4 aromatic rings. The maximum Gasteiger partial charge on any atom is 0.340 e. The van der Waals surface area contributed by atoms with Gasteiger partial charge in [0.1, 0.15) is 11.3 Å². The number of nitrogens with zero attached hydrogens (tertiary/aromatic N) is 1. The molecule has 0 saturated heterocycles. The van der Waals surface area contributed by atoms with Gasteiger partial charge in [-0.05, 0) is 62.1 Å². The maximum atomic E-state index is 12.9. The van der Waals surface area contributed by atoms with E-state index in [0.29, 0.717) is 24.3 Å². The first-order valence-electron chi connectivity index (χ1n) is 11.0. The van der Waals surface area contributed by atoms with Gasteiger partial charge in [0.15, 0.2) is 6.73 Å². The fraction of sp³-hybridized carbons (Fsp3) is 0.250. The molecule has 0 aliphatic carbocycles. The Labute approximate surface area is 188 Å². The van der Waals surface area contributed by atoms with Gasteiger partial charge in [-0.2, -0.15) is 0 Å². The summed E-state index contributed by atoms with van der Waals surface area (Å²) < 4.78 is 12.0. The van der Waals surface area contributed by atoms with Crippen molar-refractivity contribution in [3.63, 3.8) is 0 Å². The number of fused-ring (bicyclic) bond motifs is 2. The summed E-state index contributed by atoms with van der Waals surface area (Å²) in [5.74, 6) is 0.831.